The van der Waals surface area contributed by atoms with Crippen molar-refractivity contribution in [1.29, 1.82) is 0 Å². The summed E-state index contributed by atoms with van der Waals surface area (Å²) in [5.41, 5.74) is 0.972. The quantitative estimate of drug-likeness (QED) is 0.746. The highest BCUT2D eigenvalue weighted by Crippen LogP contribution is 2.23. The van der Waals surface area contributed by atoms with Crippen LogP contribution >= 0.6 is 0 Å². The van der Waals surface area contributed by atoms with Crippen molar-refractivity contribution in [3.05, 3.63) is 59.8 Å². The molecule has 0 saturated carbocycles. The van der Waals surface area contributed by atoms with Crippen molar-refractivity contribution in [1.82, 2.24) is 9.97 Å². The van der Waals surface area contributed by atoms with Crippen LogP contribution in [0.2, 0.25) is 13.1 Å². The molecule has 0 bridgehead atoms. The summed E-state index contributed by atoms with van der Waals surface area (Å²) >= 11 is 0. The maximum atomic E-state index is 4.42. The molecule has 110 valence electrons. The first kappa shape index (κ1) is 15.6. The lowest BCUT2D eigenvalue weighted by atomic mass is 10.2. The van der Waals surface area contributed by atoms with Crippen molar-refractivity contribution in [2.24, 2.45) is 0 Å². The Balaban J connectivity index is 2.38. The van der Waals surface area contributed by atoms with Gasteiger partial charge in [0.15, 0.2) is 0 Å². The zero-order valence-corrected chi connectivity index (χ0v) is 14.2. The third-order valence-corrected chi connectivity index (χ3v) is 7.78. The molecule has 0 N–H and O–H groups in total. The lowest BCUT2D eigenvalue weighted by Crippen LogP contribution is -2.43. The van der Waals surface area contributed by atoms with Crippen LogP contribution in [0.15, 0.2) is 54.1 Å². The maximum Gasteiger partial charge on any atom is 0.107 e. The summed E-state index contributed by atoms with van der Waals surface area (Å²) in [7, 11) is -1.64. The number of benzene rings is 1. The van der Waals surface area contributed by atoms with Gasteiger partial charge in [-0.3, -0.25) is 9.97 Å². The SMILES string of the molecule is CCCC/C(=C\c1cnccn1)[Si](C)(C)c1ccccc1. The van der Waals surface area contributed by atoms with Crippen molar-refractivity contribution in [2.45, 2.75) is 39.3 Å². The molecule has 0 aliphatic carbocycles. The number of rotatable bonds is 6. The van der Waals surface area contributed by atoms with Crippen LogP contribution in [0.4, 0.5) is 0 Å². The van der Waals surface area contributed by atoms with Gasteiger partial charge in [0.25, 0.3) is 0 Å². The highest BCUT2D eigenvalue weighted by atomic mass is 28.3. The second-order valence-electron chi connectivity index (χ2n) is 5.89. The highest BCUT2D eigenvalue weighted by Gasteiger charge is 2.27. The molecule has 0 saturated heterocycles. The molecule has 2 rings (SSSR count). The molecule has 2 nitrogen and oxygen atoms in total. The normalized spacial score (nSPS) is 12.4. The number of allylic oxidation sites excluding steroid dienone is 1. The fourth-order valence-corrected chi connectivity index (χ4v) is 5.24. The second kappa shape index (κ2) is 7.32. The molecule has 2 aromatic rings. The van der Waals surface area contributed by atoms with Crippen molar-refractivity contribution in [2.75, 3.05) is 0 Å². The molecule has 0 radical (unpaired) electrons. The Morgan fingerprint density at radius 2 is 1.90 bits per heavy atom. The van der Waals surface area contributed by atoms with E-state index in [4.69, 9.17) is 0 Å². The van der Waals surface area contributed by atoms with Gasteiger partial charge in [-0.2, -0.15) is 0 Å². The Morgan fingerprint density at radius 3 is 2.52 bits per heavy atom. The minimum absolute atomic E-state index is 0.972. The van der Waals surface area contributed by atoms with Gasteiger partial charge in [-0.05, 0) is 12.5 Å². The van der Waals surface area contributed by atoms with Crippen molar-refractivity contribution in [3.8, 4) is 0 Å². The van der Waals surface area contributed by atoms with Crippen LogP contribution in [0.5, 0.6) is 0 Å². The summed E-state index contributed by atoms with van der Waals surface area (Å²) in [6.45, 7) is 7.11. The monoisotopic (exact) mass is 296 g/mol. The fourth-order valence-electron chi connectivity index (χ4n) is 2.54. The van der Waals surface area contributed by atoms with E-state index in [1.54, 1.807) is 17.6 Å². The van der Waals surface area contributed by atoms with Crippen molar-refractivity contribution >= 4 is 19.3 Å². The Hall–Kier alpha value is -1.74. The van der Waals surface area contributed by atoms with Crippen LogP contribution in [0, 0.1) is 0 Å². The summed E-state index contributed by atoms with van der Waals surface area (Å²) < 4.78 is 0. The molecular formula is C18H24N2Si. The van der Waals surface area contributed by atoms with Crippen LogP contribution in [-0.4, -0.2) is 18.0 Å². The zero-order chi connectivity index (χ0) is 15.1. The largest absolute Gasteiger partial charge is 0.261 e. The molecule has 0 fully saturated rings. The maximum absolute atomic E-state index is 4.42. The van der Waals surface area contributed by atoms with E-state index < -0.39 is 8.07 Å². The predicted octanol–water partition coefficient (Wildman–Crippen LogP) is 4.21. The van der Waals surface area contributed by atoms with E-state index >= 15 is 0 Å². The van der Waals surface area contributed by atoms with Gasteiger partial charge in [-0.25, -0.2) is 0 Å². The summed E-state index contributed by atoms with van der Waals surface area (Å²) in [6.07, 6.45) is 11.2. The summed E-state index contributed by atoms with van der Waals surface area (Å²) in [6, 6.07) is 10.9. The van der Waals surface area contributed by atoms with Crippen molar-refractivity contribution < 1.29 is 0 Å². The molecule has 0 aliphatic heterocycles. The van der Waals surface area contributed by atoms with E-state index in [1.807, 2.05) is 6.20 Å². The van der Waals surface area contributed by atoms with Gasteiger partial charge in [-0.1, -0.05) is 73.6 Å². The molecular weight excluding hydrogens is 272 g/mol. The van der Waals surface area contributed by atoms with E-state index in [0.717, 1.165) is 12.1 Å². The van der Waals surface area contributed by atoms with Crippen molar-refractivity contribution in [3.63, 3.8) is 0 Å². The van der Waals surface area contributed by atoms with E-state index in [0.29, 0.717) is 0 Å². The van der Waals surface area contributed by atoms with Crippen LogP contribution in [0.1, 0.15) is 31.9 Å². The lowest BCUT2D eigenvalue weighted by Gasteiger charge is -2.27. The van der Waals surface area contributed by atoms with E-state index in [2.05, 4.69) is 66.4 Å². The number of aromatic nitrogens is 2. The molecule has 0 aliphatic rings. The van der Waals surface area contributed by atoms with Gasteiger partial charge in [0.2, 0.25) is 0 Å². The third kappa shape index (κ3) is 4.11. The number of hydrogen-bond acceptors (Lipinski definition) is 2. The second-order valence-corrected chi connectivity index (χ2v) is 10.4. The fraction of sp³-hybridized carbons (Fsp3) is 0.333. The Morgan fingerprint density at radius 1 is 1.14 bits per heavy atom. The van der Waals surface area contributed by atoms with Crippen LogP contribution in [-0.2, 0) is 0 Å². The van der Waals surface area contributed by atoms with Gasteiger partial charge in [0, 0.05) is 12.4 Å². The van der Waals surface area contributed by atoms with Gasteiger partial charge in [0.1, 0.15) is 8.07 Å². The topological polar surface area (TPSA) is 25.8 Å². The predicted molar refractivity (Wildman–Crippen MR) is 93.1 cm³/mol. The highest BCUT2D eigenvalue weighted by molar-refractivity contribution is 6.96. The first-order valence-corrected chi connectivity index (χ1v) is 10.7. The molecule has 0 amide bonds. The van der Waals surface area contributed by atoms with Crippen LogP contribution in [0.3, 0.4) is 0 Å². The van der Waals surface area contributed by atoms with Gasteiger partial charge in [-0.15, -0.1) is 0 Å². The average Bonchev–Trinajstić information content (AvgIpc) is 2.53. The van der Waals surface area contributed by atoms with Crippen LogP contribution in [0.25, 0.3) is 6.08 Å². The Bertz CT molecular complexity index is 577. The zero-order valence-electron chi connectivity index (χ0n) is 13.2. The average molecular weight is 296 g/mol. The molecule has 0 atom stereocenters. The van der Waals surface area contributed by atoms with Gasteiger partial charge in [0.05, 0.1) is 11.9 Å². The molecule has 1 heterocycles. The Kier molecular flexibility index (Phi) is 5.45. The lowest BCUT2D eigenvalue weighted by molar-refractivity contribution is 0.805. The Labute approximate surface area is 129 Å². The summed E-state index contributed by atoms with van der Waals surface area (Å²) in [5.74, 6) is 0. The molecule has 0 unspecified atom stereocenters. The minimum Gasteiger partial charge on any atom is -0.261 e. The first-order valence-electron chi connectivity index (χ1n) is 7.67. The first-order chi connectivity index (χ1) is 10.1. The van der Waals surface area contributed by atoms with E-state index in [1.165, 1.54) is 18.0 Å². The van der Waals surface area contributed by atoms with Crippen LogP contribution < -0.4 is 5.19 Å². The van der Waals surface area contributed by atoms with E-state index in [-0.39, 0.29) is 0 Å². The molecule has 1 aromatic heterocycles. The molecule has 21 heavy (non-hydrogen) atoms. The summed E-state index contributed by atoms with van der Waals surface area (Å²) in [4.78, 5) is 8.60. The number of nitrogens with zero attached hydrogens (tertiary/aromatic N) is 2. The minimum atomic E-state index is -1.64. The molecule has 1 aromatic carbocycles. The smallest absolute Gasteiger partial charge is 0.107 e. The van der Waals surface area contributed by atoms with Gasteiger partial charge >= 0.3 is 0 Å². The molecule has 3 heteroatoms. The summed E-state index contributed by atoms with van der Waals surface area (Å²) in [5, 5.41) is 3.03. The van der Waals surface area contributed by atoms with E-state index in [9.17, 15) is 0 Å². The number of unbranched alkanes of at least 4 members (excludes halogenated alkanes) is 1. The third-order valence-electron chi connectivity index (χ3n) is 4.00. The van der Waals surface area contributed by atoms with Gasteiger partial charge < -0.3 is 0 Å². The molecule has 0 spiro atoms. The standard InChI is InChI=1S/C18H24N2Si/c1-4-5-9-18(14-16-15-19-12-13-20-16)21(2,3)17-10-7-6-8-11-17/h6-8,10-15H,4-5,9H2,1-3H3/b18-14+. The number of hydrogen-bond donors (Lipinski definition) is 0.